The molecule has 0 amide bonds. The third kappa shape index (κ3) is 1.99. The van der Waals surface area contributed by atoms with Gasteiger partial charge in [-0.25, -0.2) is 0 Å². The Morgan fingerprint density at radius 1 is 1.00 bits per heavy atom. The number of anilines is 3. The molecule has 2 rings (SSSR count). The largest absolute Gasteiger partial charge is 0.397 e. The van der Waals surface area contributed by atoms with E-state index in [2.05, 4.69) is 16.8 Å². The van der Waals surface area contributed by atoms with E-state index >= 15 is 0 Å². The van der Waals surface area contributed by atoms with Gasteiger partial charge in [0.15, 0.2) is 0 Å². The standard InChI is InChI=1S/C11H18N4/c1-14-5-7-15(8-6-14)11-9(12)3-2-4-10(11)13/h2-4H,5-8,12-13H2,1H3. The van der Waals surface area contributed by atoms with Gasteiger partial charge in [0.1, 0.15) is 0 Å². The van der Waals surface area contributed by atoms with Crippen molar-refractivity contribution >= 4 is 17.1 Å². The van der Waals surface area contributed by atoms with Crippen LogP contribution in [0.1, 0.15) is 0 Å². The first-order chi connectivity index (χ1) is 7.18. The summed E-state index contributed by atoms with van der Waals surface area (Å²) in [7, 11) is 2.13. The first-order valence-electron chi connectivity index (χ1n) is 5.26. The normalized spacial score (nSPS) is 18.1. The van der Waals surface area contributed by atoms with E-state index in [4.69, 9.17) is 11.5 Å². The highest BCUT2D eigenvalue weighted by Gasteiger charge is 2.17. The van der Waals surface area contributed by atoms with Crippen LogP contribution in [-0.4, -0.2) is 38.1 Å². The van der Waals surface area contributed by atoms with Gasteiger partial charge in [-0.3, -0.25) is 0 Å². The minimum absolute atomic E-state index is 0.777. The molecule has 1 aliphatic rings. The van der Waals surface area contributed by atoms with Gasteiger partial charge in [-0.05, 0) is 19.2 Å². The lowest BCUT2D eigenvalue weighted by molar-refractivity contribution is 0.313. The Balaban J connectivity index is 2.22. The molecule has 0 saturated carbocycles. The van der Waals surface area contributed by atoms with E-state index in [1.807, 2.05) is 18.2 Å². The first kappa shape index (κ1) is 10.1. The Hall–Kier alpha value is -1.42. The second-order valence-electron chi connectivity index (χ2n) is 4.08. The number of para-hydroxylation sites is 1. The summed E-state index contributed by atoms with van der Waals surface area (Å²) in [6.07, 6.45) is 0. The lowest BCUT2D eigenvalue weighted by Gasteiger charge is -2.35. The monoisotopic (exact) mass is 206 g/mol. The summed E-state index contributed by atoms with van der Waals surface area (Å²) < 4.78 is 0. The maximum absolute atomic E-state index is 5.95. The summed E-state index contributed by atoms with van der Waals surface area (Å²) in [5.74, 6) is 0. The fraction of sp³-hybridized carbons (Fsp3) is 0.455. The molecule has 0 spiro atoms. The van der Waals surface area contributed by atoms with Crippen LogP contribution in [0, 0.1) is 0 Å². The fourth-order valence-electron chi connectivity index (χ4n) is 1.98. The zero-order valence-electron chi connectivity index (χ0n) is 9.11. The van der Waals surface area contributed by atoms with Crippen LogP contribution in [-0.2, 0) is 0 Å². The molecule has 0 aliphatic carbocycles. The highest BCUT2D eigenvalue weighted by molar-refractivity contribution is 5.80. The van der Waals surface area contributed by atoms with E-state index in [-0.39, 0.29) is 0 Å². The average Bonchev–Trinajstić information content (AvgIpc) is 2.20. The minimum Gasteiger partial charge on any atom is -0.397 e. The van der Waals surface area contributed by atoms with Gasteiger partial charge in [-0.15, -0.1) is 0 Å². The molecule has 82 valence electrons. The van der Waals surface area contributed by atoms with Crippen LogP contribution in [0.25, 0.3) is 0 Å². The molecule has 0 atom stereocenters. The van der Waals surface area contributed by atoms with E-state index in [1.165, 1.54) is 0 Å². The van der Waals surface area contributed by atoms with Crippen molar-refractivity contribution in [2.45, 2.75) is 0 Å². The van der Waals surface area contributed by atoms with Crippen LogP contribution in [0.4, 0.5) is 17.1 Å². The van der Waals surface area contributed by atoms with E-state index in [0.717, 1.165) is 43.2 Å². The topological polar surface area (TPSA) is 58.5 Å². The fourth-order valence-corrected chi connectivity index (χ4v) is 1.98. The number of likely N-dealkylation sites (N-methyl/N-ethyl adjacent to an activating group) is 1. The second kappa shape index (κ2) is 3.98. The predicted octanol–water partition coefficient (Wildman–Crippen LogP) is 0.603. The van der Waals surface area contributed by atoms with Crippen LogP contribution >= 0.6 is 0 Å². The quantitative estimate of drug-likeness (QED) is 0.661. The molecular weight excluding hydrogens is 188 g/mol. The molecule has 15 heavy (non-hydrogen) atoms. The Morgan fingerprint density at radius 3 is 2.07 bits per heavy atom. The van der Waals surface area contributed by atoms with Gasteiger partial charge in [-0.2, -0.15) is 0 Å². The molecule has 1 aromatic rings. The Bertz CT molecular complexity index is 322. The van der Waals surface area contributed by atoms with Gasteiger partial charge in [-0.1, -0.05) is 6.07 Å². The summed E-state index contributed by atoms with van der Waals surface area (Å²) in [5, 5.41) is 0. The maximum atomic E-state index is 5.95. The predicted molar refractivity (Wildman–Crippen MR) is 65.0 cm³/mol. The highest BCUT2D eigenvalue weighted by Crippen LogP contribution is 2.30. The summed E-state index contributed by atoms with van der Waals surface area (Å²) in [6.45, 7) is 4.12. The minimum atomic E-state index is 0.777. The number of benzene rings is 1. The third-order valence-corrected chi connectivity index (χ3v) is 2.92. The van der Waals surface area contributed by atoms with Crippen molar-refractivity contribution < 1.29 is 0 Å². The van der Waals surface area contributed by atoms with Crippen LogP contribution in [0.15, 0.2) is 18.2 Å². The van der Waals surface area contributed by atoms with Gasteiger partial charge in [0.25, 0.3) is 0 Å². The van der Waals surface area contributed by atoms with Crippen LogP contribution in [0.5, 0.6) is 0 Å². The summed E-state index contributed by atoms with van der Waals surface area (Å²) >= 11 is 0. The van der Waals surface area contributed by atoms with E-state index < -0.39 is 0 Å². The number of nitrogens with zero attached hydrogens (tertiary/aromatic N) is 2. The SMILES string of the molecule is CN1CCN(c2c(N)cccc2N)CC1. The number of hydrogen-bond acceptors (Lipinski definition) is 4. The lowest BCUT2D eigenvalue weighted by Crippen LogP contribution is -2.45. The van der Waals surface area contributed by atoms with Crippen molar-refractivity contribution in [2.75, 3.05) is 49.6 Å². The molecule has 0 unspecified atom stereocenters. The van der Waals surface area contributed by atoms with Gasteiger partial charge in [0, 0.05) is 26.2 Å². The number of nitrogens with two attached hydrogens (primary N) is 2. The van der Waals surface area contributed by atoms with Crippen molar-refractivity contribution in [3.05, 3.63) is 18.2 Å². The number of nitrogen functional groups attached to an aromatic ring is 2. The molecule has 1 aliphatic heterocycles. The molecular formula is C11H18N4. The molecule has 1 heterocycles. The van der Waals surface area contributed by atoms with Crippen molar-refractivity contribution in [1.82, 2.24) is 4.90 Å². The van der Waals surface area contributed by atoms with E-state index in [0.29, 0.717) is 0 Å². The molecule has 0 bridgehead atoms. The van der Waals surface area contributed by atoms with Gasteiger partial charge in [0.2, 0.25) is 0 Å². The Kier molecular flexibility index (Phi) is 2.68. The molecule has 4 heteroatoms. The number of rotatable bonds is 1. The highest BCUT2D eigenvalue weighted by atomic mass is 15.3. The van der Waals surface area contributed by atoms with Crippen LogP contribution in [0.3, 0.4) is 0 Å². The first-order valence-corrected chi connectivity index (χ1v) is 5.26. The molecule has 1 fully saturated rings. The number of piperazine rings is 1. The van der Waals surface area contributed by atoms with Crippen LogP contribution < -0.4 is 16.4 Å². The summed E-state index contributed by atoms with van der Waals surface area (Å²) in [4.78, 5) is 4.58. The molecule has 4 N–H and O–H groups in total. The van der Waals surface area contributed by atoms with Gasteiger partial charge in [0.05, 0.1) is 17.1 Å². The molecule has 1 aromatic carbocycles. The molecule has 1 saturated heterocycles. The van der Waals surface area contributed by atoms with Crippen molar-refractivity contribution in [3.63, 3.8) is 0 Å². The maximum Gasteiger partial charge on any atom is 0.0834 e. The summed E-state index contributed by atoms with van der Waals surface area (Å²) in [5.41, 5.74) is 14.5. The molecule has 0 aromatic heterocycles. The van der Waals surface area contributed by atoms with Crippen molar-refractivity contribution in [2.24, 2.45) is 0 Å². The molecule has 4 nitrogen and oxygen atoms in total. The zero-order valence-corrected chi connectivity index (χ0v) is 9.11. The van der Waals surface area contributed by atoms with Crippen molar-refractivity contribution in [3.8, 4) is 0 Å². The van der Waals surface area contributed by atoms with E-state index in [9.17, 15) is 0 Å². The smallest absolute Gasteiger partial charge is 0.0834 e. The van der Waals surface area contributed by atoms with E-state index in [1.54, 1.807) is 0 Å². The van der Waals surface area contributed by atoms with Gasteiger partial charge >= 0.3 is 0 Å². The Morgan fingerprint density at radius 2 is 1.53 bits per heavy atom. The summed E-state index contributed by atoms with van der Waals surface area (Å²) in [6, 6.07) is 5.71. The molecule has 0 radical (unpaired) electrons. The van der Waals surface area contributed by atoms with Crippen LogP contribution in [0.2, 0.25) is 0 Å². The third-order valence-electron chi connectivity index (χ3n) is 2.92. The van der Waals surface area contributed by atoms with Crippen molar-refractivity contribution in [1.29, 1.82) is 0 Å². The zero-order chi connectivity index (χ0) is 10.8. The Labute approximate surface area is 90.4 Å². The van der Waals surface area contributed by atoms with Gasteiger partial charge < -0.3 is 21.3 Å². The second-order valence-corrected chi connectivity index (χ2v) is 4.08. The number of hydrogen-bond donors (Lipinski definition) is 2. The average molecular weight is 206 g/mol. The lowest BCUT2D eigenvalue weighted by atomic mass is 10.2.